The summed E-state index contributed by atoms with van der Waals surface area (Å²) in [7, 11) is 1.31. The number of benzene rings is 1. The number of carbonyl (C=O) groups is 2. The lowest BCUT2D eigenvalue weighted by Gasteiger charge is -2.06. The van der Waals surface area contributed by atoms with E-state index in [1.54, 1.807) is 18.2 Å². The molecule has 0 aliphatic carbocycles. The molecule has 0 bridgehead atoms. The minimum Gasteiger partial charge on any atom is -0.465 e. The predicted octanol–water partition coefficient (Wildman–Crippen LogP) is 2.19. The lowest BCUT2D eigenvalue weighted by Crippen LogP contribution is -2.08. The summed E-state index contributed by atoms with van der Waals surface area (Å²) in [4.78, 5) is 22.1. The third kappa shape index (κ3) is 3.06. The molecule has 5 heteroatoms. The van der Waals surface area contributed by atoms with Crippen molar-refractivity contribution >= 4 is 33.5 Å². The minimum atomic E-state index is -0.436. The van der Waals surface area contributed by atoms with Crippen LogP contribution in [0.3, 0.4) is 0 Å². The maximum absolute atomic E-state index is 11.2. The number of methoxy groups -OCH3 is 1. The van der Waals surface area contributed by atoms with Gasteiger partial charge in [0.2, 0.25) is 5.91 Å². The van der Waals surface area contributed by atoms with E-state index >= 15 is 0 Å². The maximum Gasteiger partial charge on any atom is 0.337 e. The molecule has 0 spiro atoms. The van der Waals surface area contributed by atoms with E-state index < -0.39 is 5.97 Å². The molecule has 80 valence electrons. The van der Waals surface area contributed by atoms with Crippen LogP contribution in [0.2, 0.25) is 0 Å². The van der Waals surface area contributed by atoms with Crippen LogP contribution in [-0.2, 0) is 9.53 Å². The normalized spacial score (nSPS) is 9.53. The van der Waals surface area contributed by atoms with Gasteiger partial charge in [-0.3, -0.25) is 4.79 Å². The predicted molar refractivity (Wildman–Crippen MR) is 59.8 cm³/mol. The van der Waals surface area contributed by atoms with Gasteiger partial charge in [0.25, 0.3) is 0 Å². The van der Waals surface area contributed by atoms with E-state index in [1.165, 1.54) is 14.0 Å². The van der Waals surface area contributed by atoms with Gasteiger partial charge in [-0.2, -0.15) is 0 Å². The van der Waals surface area contributed by atoms with Crippen molar-refractivity contribution in [3.05, 3.63) is 28.2 Å². The first-order chi connectivity index (χ1) is 7.04. The van der Waals surface area contributed by atoms with Gasteiger partial charge in [-0.05, 0) is 34.1 Å². The summed E-state index contributed by atoms with van der Waals surface area (Å²) in [6.45, 7) is 1.40. The zero-order chi connectivity index (χ0) is 11.4. The molecule has 0 aromatic heterocycles. The summed E-state index contributed by atoms with van der Waals surface area (Å²) in [5, 5.41) is 2.60. The molecule has 0 saturated heterocycles. The van der Waals surface area contributed by atoms with E-state index in [-0.39, 0.29) is 5.91 Å². The molecule has 1 rings (SSSR count). The fourth-order valence-electron chi connectivity index (χ4n) is 1.06. The Labute approximate surface area is 95.7 Å². The Morgan fingerprint density at radius 3 is 2.60 bits per heavy atom. The molecule has 4 nitrogen and oxygen atoms in total. The number of carbonyl (C=O) groups excluding carboxylic acids is 2. The fourth-order valence-corrected chi connectivity index (χ4v) is 1.40. The monoisotopic (exact) mass is 271 g/mol. The van der Waals surface area contributed by atoms with E-state index in [1.807, 2.05) is 0 Å². The highest BCUT2D eigenvalue weighted by molar-refractivity contribution is 9.10. The fraction of sp³-hybridized carbons (Fsp3) is 0.200. The van der Waals surface area contributed by atoms with E-state index in [9.17, 15) is 9.59 Å². The highest BCUT2D eigenvalue weighted by atomic mass is 79.9. The second-order valence-electron chi connectivity index (χ2n) is 2.87. The Balaban J connectivity index is 3.05. The number of amides is 1. The molecule has 15 heavy (non-hydrogen) atoms. The molecule has 0 fully saturated rings. The second kappa shape index (κ2) is 4.93. The van der Waals surface area contributed by atoms with Crippen molar-refractivity contribution in [3.8, 4) is 0 Å². The van der Waals surface area contributed by atoms with Crippen molar-refractivity contribution in [3.63, 3.8) is 0 Å². The molecule has 1 amide bonds. The van der Waals surface area contributed by atoms with Gasteiger partial charge in [-0.25, -0.2) is 4.79 Å². The number of nitrogens with one attached hydrogen (secondary N) is 1. The standard InChI is InChI=1S/C10H10BrNO3/c1-6(13)12-9-5-7(10(14)15-2)3-4-8(9)11/h3-5H,1-2H3,(H,12,13). The Morgan fingerprint density at radius 1 is 1.40 bits per heavy atom. The number of hydrogen-bond acceptors (Lipinski definition) is 3. The van der Waals surface area contributed by atoms with Crippen LogP contribution in [0.15, 0.2) is 22.7 Å². The van der Waals surface area contributed by atoms with Gasteiger partial charge in [0.1, 0.15) is 0 Å². The Morgan fingerprint density at radius 2 is 2.07 bits per heavy atom. The quantitative estimate of drug-likeness (QED) is 0.839. The zero-order valence-electron chi connectivity index (χ0n) is 8.33. The van der Waals surface area contributed by atoms with Crippen molar-refractivity contribution in [2.75, 3.05) is 12.4 Å². The summed E-state index contributed by atoms with van der Waals surface area (Å²) in [6.07, 6.45) is 0. The molecule has 0 aliphatic rings. The third-order valence-corrected chi connectivity index (χ3v) is 2.39. The summed E-state index contributed by atoms with van der Waals surface area (Å²) >= 11 is 3.26. The molecule has 0 unspecified atom stereocenters. The van der Waals surface area contributed by atoms with Crippen LogP contribution in [0.4, 0.5) is 5.69 Å². The van der Waals surface area contributed by atoms with Gasteiger partial charge in [-0.1, -0.05) is 0 Å². The van der Waals surface area contributed by atoms with Gasteiger partial charge in [-0.15, -0.1) is 0 Å². The first kappa shape index (κ1) is 11.7. The molecule has 0 aliphatic heterocycles. The van der Waals surface area contributed by atoms with Crippen molar-refractivity contribution in [1.29, 1.82) is 0 Å². The topological polar surface area (TPSA) is 55.4 Å². The SMILES string of the molecule is COC(=O)c1ccc(Br)c(NC(C)=O)c1. The average molecular weight is 272 g/mol. The van der Waals surface area contributed by atoms with Crippen molar-refractivity contribution in [1.82, 2.24) is 0 Å². The number of ether oxygens (including phenoxy) is 1. The number of halogens is 1. The molecular formula is C10H10BrNO3. The average Bonchev–Trinajstić information content (AvgIpc) is 2.19. The number of rotatable bonds is 2. The second-order valence-corrected chi connectivity index (χ2v) is 3.72. The molecule has 1 aromatic carbocycles. The molecule has 1 aromatic rings. The summed E-state index contributed by atoms with van der Waals surface area (Å²) in [5.41, 5.74) is 0.940. The third-order valence-electron chi connectivity index (χ3n) is 1.70. The van der Waals surface area contributed by atoms with Gasteiger partial charge < -0.3 is 10.1 Å². The summed E-state index contributed by atoms with van der Waals surface area (Å²) in [5.74, 6) is -0.633. The number of hydrogen-bond donors (Lipinski definition) is 1. The minimum absolute atomic E-state index is 0.197. The van der Waals surface area contributed by atoms with Crippen LogP contribution in [-0.4, -0.2) is 19.0 Å². The van der Waals surface area contributed by atoms with Crippen molar-refractivity contribution in [2.24, 2.45) is 0 Å². The largest absolute Gasteiger partial charge is 0.465 e. The van der Waals surface area contributed by atoms with E-state index in [4.69, 9.17) is 0 Å². The summed E-state index contributed by atoms with van der Waals surface area (Å²) < 4.78 is 5.28. The van der Waals surface area contributed by atoms with Crippen molar-refractivity contribution in [2.45, 2.75) is 6.92 Å². The lowest BCUT2D eigenvalue weighted by molar-refractivity contribution is -0.114. The first-order valence-electron chi connectivity index (χ1n) is 4.20. The lowest BCUT2D eigenvalue weighted by atomic mass is 10.2. The highest BCUT2D eigenvalue weighted by Gasteiger charge is 2.09. The van der Waals surface area contributed by atoms with Crippen LogP contribution in [0, 0.1) is 0 Å². The van der Waals surface area contributed by atoms with Gasteiger partial charge >= 0.3 is 5.97 Å². The van der Waals surface area contributed by atoms with Gasteiger partial charge in [0.15, 0.2) is 0 Å². The maximum atomic E-state index is 11.2. The van der Waals surface area contributed by atoms with Crippen LogP contribution >= 0.6 is 15.9 Å². The van der Waals surface area contributed by atoms with E-state index in [2.05, 4.69) is 26.0 Å². The van der Waals surface area contributed by atoms with Gasteiger partial charge in [0.05, 0.1) is 18.4 Å². The van der Waals surface area contributed by atoms with Crippen LogP contribution in [0.25, 0.3) is 0 Å². The van der Waals surface area contributed by atoms with Crippen molar-refractivity contribution < 1.29 is 14.3 Å². The molecular weight excluding hydrogens is 262 g/mol. The zero-order valence-corrected chi connectivity index (χ0v) is 9.92. The van der Waals surface area contributed by atoms with E-state index in [0.717, 1.165) is 0 Å². The summed E-state index contributed by atoms with van der Waals surface area (Å²) in [6, 6.07) is 4.84. The van der Waals surface area contributed by atoms with E-state index in [0.29, 0.717) is 15.7 Å². The van der Waals surface area contributed by atoms with Crippen LogP contribution in [0.1, 0.15) is 17.3 Å². The van der Waals surface area contributed by atoms with Crippen LogP contribution < -0.4 is 5.32 Å². The molecule has 0 atom stereocenters. The molecule has 0 saturated carbocycles. The molecule has 1 N–H and O–H groups in total. The Kier molecular flexibility index (Phi) is 3.85. The highest BCUT2D eigenvalue weighted by Crippen LogP contribution is 2.23. The van der Waals surface area contributed by atoms with Gasteiger partial charge in [0, 0.05) is 11.4 Å². The smallest absolute Gasteiger partial charge is 0.337 e. The number of esters is 1. The van der Waals surface area contributed by atoms with Crippen LogP contribution in [0.5, 0.6) is 0 Å². The number of anilines is 1. The Hall–Kier alpha value is -1.36. The Bertz CT molecular complexity index is 404. The first-order valence-corrected chi connectivity index (χ1v) is 4.99. The molecule has 0 heterocycles. The molecule has 0 radical (unpaired) electrons.